The number of aliphatic hydroxyl groups excluding tert-OH is 1. The first-order valence-electron chi connectivity index (χ1n) is 27.2. The number of carbonyl (C=O) groups excluding carboxylic acids is 2. The zero-order valence-corrected chi connectivity index (χ0v) is 46.3. The predicted molar refractivity (Wildman–Crippen MR) is 296 cm³/mol. The second-order valence-electron chi connectivity index (χ2n) is 23.1. The third-order valence-electron chi connectivity index (χ3n) is 20.0. The number of rotatable bonds is 5. The van der Waals surface area contributed by atoms with Crippen LogP contribution in [0, 0.1) is 5.41 Å². The number of alkyl halides is 1. The second-order valence-corrected chi connectivity index (χ2v) is 24.7. The van der Waals surface area contributed by atoms with Crippen LogP contribution in [0.5, 0.6) is 34.5 Å². The van der Waals surface area contributed by atoms with Crippen molar-refractivity contribution in [2.45, 2.75) is 153 Å². The molecule has 14 atom stereocenters. The molecular formula is C58H70BrN5O14S. The van der Waals surface area contributed by atoms with E-state index in [1.165, 1.54) is 0 Å². The summed E-state index contributed by atoms with van der Waals surface area (Å²) in [5.41, 5.74) is 5.57. The van der Waals surface area contributed by atoms with E-state index in [2.05, 4.69) is 56.5 Å². The van der Waals surface area contributed by atoms with Crippen molar-refractivity contribution in [3.63, 3.8) is 0 Å². The number of Topliss-reactive ketones (excluding diaryl/α,β-unsaturated/α-hetero) is 2. The Morgan fingerprint density at radius 1 is 0.696 bits per heavy atom. The zero-order valence-electron chi connectivity index (χ0n) is 43.9. The summed E-state index contributed by atoms with van der Waals surface area (Å²) >= 11 is 0.874. The Balaban J connectivity index is 0.000000116. The number of aromatic hydroxyl groups is 3. The molecule has 3 spiro atoms. The number of phenolic OH excluding ortho intramolecular Hbond substituents is 3. The van der Waals surface area contributed by atoms with Gasteiger partial charge in [0, 0.05) is 72.6 Å². The molecule has 0 amide bonds. The van der Waals surface area contributed by atoms with Crippen LogP contribution in [-0.4, -0.2) is 168 Å². The number of carbonyl (C=O) groups is 2. The van der Waals surface area contributed by atoms with Crippen molar-refractivity contribution in [3.8, 4) is 34.5 Å². The molecule has 19 nitrogen and oxygen atoms in total. The molecule has 3 saturated carbocycles. The number of aliphatic hydroxyl groups is 4. The highest BCUT2D eigenvalue weighted by Gasteiger charge is 2.75. The van der Waals surface area contributed by atoms with E-state index >= 15 is 0 Å². The first kappa shape index (κ1) is 55.7. The maximum absolute atomic E-state index is 12.6. The van der Waals surface area contributed by atoms with E-state index in [1.54, 1.807) is 24.3 Å². The standard InChI is InChI=1S/C19H23NO4.C19H21NO4.C16H17NO4.C3H5Br.CH4N2O2S/c2*1-2-8-20-9-7-18-15-11-3-4-12(21)16(15)24-17(18)13(22)5-6-19(18,23)14(20)10-11;18-9-2-1-8-7-11-16(20)4-3-10(19)14-15(16,5-6-17-11)12(8)13(9)21-14;1-2-3-4;2-1(3)6(4)5/h2-4,13-14,17,21-23H,1,5-10H2;2-4,14,17,21,23H,1,5-10H2;1-2,11,14,17-18,20H,3-7H2;2H,1,3H2;(H3,2,3)(H,4,5)/t13-,14?,17+,18+,19+;14?,17-,18-,19-;11?,14-,15-,16-;;/m100../s1. The van der Waals surface area contributed by atoms with Crippen LogP contribution in [0.1, 0.15) is 91.2 Å². The highest BCUT2D eigenvalue weighted by molar-refractivity contribution is 9.09. The quantitative estimate of drug-likeness (QED) is 0.0573. The summed E-state index contributed by atoms with van der Waals surface area (Å²) in [5.74, 6) is 1.66. The van der Waals surface area contributed by atoms with Crippen LogP contribution in [0.3, 0.4) is 0 Å². The fourth-order valence-electron chi connectivity index (χ4n) is 17.0. The lowest BCUT2D eigenvalue weighted by molar-refractivity contribution is -0.206. The van der Waals surface area contributed by atoms with Gasteiger partial charge < -0.3 is 61.0 Å². The molecule has 0 radical (unpaired) electrons. The molecular weight excluding hydrogens is 1100 g/mol. The molecule has 6 aliphatic carbocycles. The number of hydrogen-bond donors (Lipinski definition) is 11. The third kappa shape index (κ3) is 7.62. The normalized spacial score (nSPS) is 37.4. The van der Waals surface area contributed by atoms with Crippen LogP contribution in [-0.2, 0) is 56.2 Å². The lowest BCUT2D eigenvalue weighted by Gasteiger charge is -2.63. The van der Waals surface area contributed by atoms with E-state index < -0.39 is 73.7 Å². The number of amidine groups is 1. The summed E-state index contributed by atoms with van der Waals surface area (Å²) < 4.78 is 35.2. The summed E-state index contributed by atoms with van der Waals surface area (Å²) in [6, 6.07) is 10.6. The molecule has 79 heavy (non-hydrogen) atoms. The van der Waals surface area contributed by atoms with Crippen molar-refractivity contribution in [1.29, 1.82) is 5.41 Å². The summed E-state index contributed by atoms with van der Waals surface area (Å²) in [6.45, 7) is 15.0. The molecule has 6 fully saturated rings. The fraction of sp³-hybridized carbons (Fsp3) is 0.534. The summed E-state index contributed by atoms with van der Waals surface area (Å²) in [5, 5.41) is 86.3. The number of hydrogen-bond acceptors (Lipinski definition) is 17. The first-order chi connectivity index (χ1) is 37.7. The molecule has 0 aromatic heterocycles. The topological polar surface area (TPSA) is 309 Å². The minimum absolute atomic E-state index is 0.00848. The molecule has 4 unspecified atom stereocenters. The largest absolute Gasteiger partial charge is 0.504 e. The van der Waals surface area contributed by atoms with E-state index in [1.807, 2.05) is 30.4 Å². The van der Waals surface area contributed by atoms with Crippen molar-refractivity contribution in [1.82, 2.24) is 15.1 Å². The summed E-state index contributed by atoms with van der Waals surface area (Å²) in [7, 11) is 0. The highest BCUT2D eigenvalue weighted by Crippen LogP contribution is 2.68. The molecule has 6 bridgehead atoms. The Morgan fingerprint density at radius 2 is 1.13 bits per heavy atom. The van der Waals surface area contributed by atoms with Gasteiger partial charge in [0.15, 0.2) is 58.3 Å². The zero-order chi connectivity index (χ0) is 56.4. The number of ether oxygens (including phenoxy) is 3. The van der Waals surface area contributed by atoms with Gasteiger partial charge >= 0.3 is 0 Å². The number of nitrogens with two attached hydrogens (primary N) is 1. The van der Waals surface area contributed by atoms with Gasteiger partial charge in [-0.15, -0.1) is 19.7 Å². The lowest BCUT2D eigenvalue weighted by Crippen LogP contribution is -2.77. The molecule has 3 aromatic carbocycles. The van der Waals surface area contributed by atoms with Gasteiger partial charge in [-0.25, -0.2) is 4.21 Å². The number of ketones is 2. The van der Waals surface area contributed by atoms with Gasteiger partial charge in [-0.2, -0.15) is 0 Å². The van der Waals surface area contributed by atoms with E-state index in [0.717, 1.165) is 84.3 Å². The second kappa shape index (κ2) is 20.1. The van der Waals surface area contributed by atoms with Crippen LogP contribution in [0.25, 0.3) is 0 Å². The van der Waals surface area contributed by atoms with Gasteiger partial charge in [-0.05, 0) is 112 Å². The molecule has 21 heteroatoms. The number of benzene rings is 3. The van der Waals surface area contributed by atoms with Gasteiger partial charge in [-0.3, -0.25) is 29.4 Å². The predicted octanol–water partition coefficient (Wildman–Crippen LogP) is 3.47. The molecule has 12 N–H and O–H groups in total. The molecule has 6 heterocycles. The molecule has 424 valence electrons. The average Bonchev–Trinajstić information content (AvgIpc) is 3.19. The number of nitrogens with zero attached hydrogens (tertiary/aromatic N) is 2. The third-order valence-corrected chi connectivity index (χ3v) is 20.8. The fourth-order valence-corrected chi connectivity index (χ4v) is 17.0. The SMILES string of the molecule is C=CCBr.C=CCN1CC[C@]23c4c5ccc(O)c4O[C@H]2C(=O)CC[C@]3(O)C1C5.C=CCN1CC[C@]23c4c5ccc(O)c4O[C@H]2[C@H](O)CC[C@]3(O)C1C5.N=C(N)S(=O)O.O=C1CC[C@]2(O)C3Cc4ccc(O)c5c4[C@@]2(CCN3)[C@H]1O5. The van der Waals surface area contributed by atoms with Crippen LogP contribution >= 0.6 is 15.9 Å². The van der Waals surface area contributed by atoms with Gasteiger partial charge in [0.1, 0.15) is 6.10 Å². The van der Waals surface area contributed by atoms with Crippen LogP contribution < -0.4 is 25.3 Å². The number of halogens is 1. The van der Waals surface area contributed by atoms with Crippen LogP contribution in [0.15, 0.2) is 74.4 Å². The van der Waals surface area contributed by atoms with Crippen LogP contribution in [0.2, 0.25) is 0 Å². The number of allylic oxidation sites excluding steroid dienone is 1. The molecule has 3 aromatic rings. The van der Waals surface area contributed by atoms with Crippen molar-refractivity contribution in [2.75, 3.05) is 38.1 Å². The number of likely N-dealkylation sites (tertiary alicyclic amines) is 2. The minimum Gasteiger partial charge on any atom is -0.504 e. The maximum Gasteiger partial charge on any atom is 0.222 e. The average molecular weight is 1170 g/mol. The molecule has 15 rings (SSSR count). The molecule has 12 aliphatic rings. The Hall–Kier alpha value is -5.20. The van der Waals surface area contributed by atoms with Gasteiger partial charge in [0.25, 0.3) is 0 Å². The Morgan fingerprint density at radius 3 is 1.61 bits per heavy atom. The molecule has 6 aliphatic heterocycles. The monoisotopic (exact) mass is 1170 g/mol. The lowest BCUT2D eigenvalue weighted by atomic mass is 9.48. The van der Waals surface area contributed by atoms with Crippen LogP contribution in [0.4, 0.5) is 0 Å². The van der Waals surface area contributed by atoms with Gasteiger partial charge in [-0.1, -0.05) is 52.4 Å². The maximum atomic E-state index is 12.6. The molecule has 3 saturated heterocycles. The highest BCUT2D eigenvalue weighted by atomic mass is 79.9. The van der Waals surface area contributed by atoms with E-state index in [9.17, 15) is 49.5 Å². The first-order valence-corrected chi connectivity index (χ1v) is 29.4. The van der Waals surface area contributed by atoms with E-state index in [0.29, 0.717) is 81.5 Å². The Labute approximate surface area is 469 Å². The number of nitrogens with one attached hydrogen (secondary N) is 2. The van der Waals surface area contributed by atoms with E-state index in [-0.39, 0.29) is 46.9 Å². The minimum atomic E-state index is -2.26. The van der Waals surface area contributed by atoms with E-state index in [4.69, 9.17) is 24.2 Å². The van der Waals surface area contributed by atoms with Crippen molar-refractivity contribution >= 4 is 43.7 Å². The van der Waals surface area contributed by atoms with Crippen molar-refractivity contribution < 1.29 is 68.3 Å². The van der Waals surface area contributed by atoms with Crippen molar-refractivity contribution in [3.05, 3.63) is 108 Å². The summed E-state index contributed by atoms with van der Waals surface area (Å²) in [4.78, 5) is 29.7. The Kier molecular flexibility index (Phi) is 14.1. The smallest absolute Gasteiger partial charge is 0.222 e. The summed E-state index contributed by atoms with van der Waals surface area (Å²) in [6.07, 6.45) is 10.0. The Bertz CT molecular complexity index is 3080. The number of phenols is 3. The van der Waals surface area contributed by atoms with Crippen molar-refractivity contribution in [2.24, 2.45) is 5.73 Å². The number of piperidine rings is 3. The van der Waals surface area contributed by atoms with Gasteiger partial charge in [0.2, 0.25) is 16.2 Å². The van der Waals surface area contributed by atoms with Gasteiger partial charge in [0.05, 0.1) is 39.2 Å².